The third-order valence-electron chi connectivity index (χ3n) is 3.29. The zero-order valence-corrected chi connectivity index (χ0v) is 10.9. The van der Waals surface area contributed by atoms with Crippen LogP contribution in [0, 0.1) is 0 Å². The van der Waals surface area contributed by atoms with Crippen molar-refractivity contribution in [3.63, 3.8) is 0 Å². The second-order valence-corrected chi connectivity index (χ2v) is 4.68. The van der Waals surface area contributed by atoms with Crippen molar-refractivity contribution in [3.05, 3.63) is 29.8 Å². The zero-order valence-electron chi connectivity index (χ0n) is 10.9. The summed E-state index contributed by atoms with van der Waals surface area (Å²) in [7, 11) is 0. The van der Waals surface area contributed by atoms with Crippen molar-refractivity contribution < 1.29 is 9.59 Å². The molecule has 5 nitrogen and oxygen atoms in total. The van der Waals surface area contributed by atoms with Crippen molar-refractivity contribution in [2.75, 3.05) is 25.4 Å². The number of carbonyl (C=O) groups excluding carboxylic acids is 2. The summed E-state index contributed by atoms with van der Waals surface area (Å²) in [5.74, 6) is -0.119. The number of nitrogens with zero attached hydrogens (tertiary/aromatic N) is 1. The Morgan fingerprint density at radius 2 is 1.89 bits per heavy atom. The summed E-state index contributed by atoms with van der Waals surface area (Å²) in [5.41, 5.74) is 6.62. The summed E-state index contributed by atoms with van der Waals surface area (Å²) >= 11 is 0. The summed E-state index contributed by atoms with van der Waals surface area (Å²) in [5, 5.41) is 2.73. The molecule has 5 heteroatoms. The van der Waals surface area contributed by atoms with E-state index in [9.17, 15) is 9.59 Å². The van der Waals surface area contributed by atoms with Crippen LogP contribution in [0.25, 0.3) is 0 Å². The fraction of sp³-hybridized carbons (Fsp3) is 0.429. The molecule has 0 spiro atoms. The molecule has 1 saturated heterocycles. The number of likely N-dealkylation sites (tertiary alicyclic amines) is 1. The van der Waals surface area contributed by atoms with Crippen molar-refractivity contribution in [2.24, 2.45) is 0 Å². The summed E-state index contributed by atoms with van der Waals surface area (Å²) in [6.07, 6.45) is 2.51. The van der Waals surface area contributed by atoms with Gasteiger partial charge in [-0.1, -0.05) is 12.1 Å². The van der Waals surface area contributed by atoms with E-state index in [1.807, 2.05) is 4.90 Å². The van der Waals surface area contributed by atoms with Gasteiger partial charge >= 0.3 is 0 Å². The van der Waals surface area contributed by atoms with Gasteiger partial charge < -0.3 is 16.0 Å². The van der Waals surface area contributed by atoms with E-state index in [0.717, 1.165) is 25.9 Å². The predicted molar refractivity (Wildman–Crippen MR) is 73.6 cm³/mol. The highest BCUT2D eigenvalue weighted by Gasteiger charge is 2.17. The van der Waals surface area contributed by atoms with E-state index in [1.165, 1.54) is 0 Å². The maximum atomic E-state index is 11.9. The van der Waals surface area contributed by atoms with E-state index in [4.69, 9.17) is 5.73 Å². The van der Waals surface area contributed by atoms with Crippen molar-refractivity contribution in [3.8, 4) is 0 Å². The van der Waals surface area contributed by atoms with Crippen molar-refractivity contribution in [1.82, 2.24) is 10.2 Å². The first-order valence-electron chi connectivity index (χ1n) is 6.59. The van der Waals surface area contributed by atoms with Crippen LogP contribution in [-0.2, 0) is 4.79 Å². The van der Waals surface area contributed by atoms with Gasteiger partial charge in [0.25, 0.3) is 5.91 Å². The summed E-state index contributed by atoms with van der Waals surface area (Å²) in [4.78, 5) is 25.5. The number of carbonyl (C=O) groups is 2. The van der Waals surface area contributed by atoms with Crippen molar-refractivity contribution in [1.29, 1.82) is 0 Å². The van der Waals surface area contributed by atoms with Gasteiger partial charge in [0.1, 0.15) is 0 Å². The Hall–Kier alpha value is -2.04. The van der Waals surface area contributed by atoms with E-state index in [1.54, 1.807) is 24.3 Å². The Morgan fingerprint density at radius 1 is 1.21 bits per heavy atom. The van der Waals surface area contributed by atoms with E-state index in [0.29, 0.717) is 24.2 Å². The number of amides is 2. The minimum absolute atomic E-state index is 0.110. The Bertz CT molecular complexity index is 468. The Labute approximate surface area is 112 Å². The van der Waals surface area contributed by atoms with Gasteiger partial charge in [0.05, 0.1) is 5.56 Å². The van der Waals surface area contributed by atoms with Crippen LogP contribution >= 0.6 is 0 Å². The standard InChI is InChI=1S/C14H19N3O2/c15-12-6-2-1-5-11(12)14(19)16-8-7-13(18)17-9-3-4-10-17/h1-2,5-6H,3-4,7-10,15H2,(H,16,19). The van der Waals surface area contributed by atoms with Crippen molar-refractivity contribution >= 4 is 17.5 Å². The number of nitrogens with one attached hydrogen (secondary N) is 1. The lowest BCUT2D eigenvalue weighted by Crippen LogP contribution is -2.32. The molecule has 0 unspecified atom stereocenters. The first-order chi connectivity index (χ1) is 9.18. The largest absolute Gasteiger partial charge is 0.398 e. The molecule has 0 saturated carbocycles. The molecular weight excluding hydrogens is 242 g/mol. The highest BCUT2D eigenvalue weighted by molar-refractivity contribution is 5.99. The molecule has 1 aromatic carbocycles. The Balaban J connectivity index is 1.78. The molecule has 1 heterocycles. The van der Waals surface area contributed by atoms with Gasteiger partial charge in [0.15, 0.2) is 0 Å². The Morgan fingerprint density at radius 3 is 2.58 bits per heavy atom. The van der Waals surface area contributed by atoms with Gasteiger partial charge in [0.2, 0.25) is 5.91 Å². The lowest BCUT2D eigenvalue weighted by Gasteiger charge is -2.15. The number of nitrogens with two attached hydrogens (primary N) is 1. The quantitative estimate of drug-likeness (QED) is 0.794. The van der Waals surface area contributed by atoms with Crippen LogP contribution in [0.3, 0.4) is 0 Å². The number of rotatable bonds is 4. The maximum Gasteiger partial charge on any atom is 0.253 e. The predicted octanol–water partition coefficient (Wildman–Crippen LogP) is 1.01. The number of para-hydroxylation sites is 1. The molecular formula is C14H19N3O2. The highest BCUT2D eigenvalue weighted by Crippen LogP contribution is 2.10. The lowest BCUT2D eigenvalue weighted by molar-refractivity contribution is -0.129. The average molecular weight is 261 g/mol. The molecule has 3 N–H and O–H groups in total. The molecule has 0 atom stereocenters. The van der Waals surface area contributed by atoms with E-state index in [2.05, 4.69) is 5.32 Å². The molecule has 1 aliphatic heterocycles. The molecule has 2 amide bonds. The number of anilines is 1. The number of nitrogen functional groups attached to an aromatic ring is 1. The first-order valence-corrected chi connectivity index (χ1v) is 6.59. The third-order valence-corrected chi connectivity index (χ3v) is 3.29. The normalized spacial score (nSPS) is 14.4. The van der Waals surface area contributed by atoms with E-state index >= 15 is 0 Å². The Kier molecular flexibility index (Phi) is 4.39. The smallest absolute Gasteiger partial charge is 0.253 e. The molecule has 0 bridgehead atoms. The second kappa shape index (κ2) is 6.22. The molecule has 1 aromatic rings. The number of hydrogen-bond acceptors (Lipinski definition) is 3. The molecule has 0 aromatic heterocycles. The topological polar surface area (TPSA) is 75.4 Å². The lowest BCUT2D eigenvalue weighted by atomic mass is 10.1. The van der Waals surface area contributed by atoms with Crippen molar-refractivity contribution in [2.45, 2.75) is 19.3 Å². The molecule has 1 fully saturated rings. The average Bonchev–Trinajstić information content (AvgIpc) is 2.93. The summed E-state index contributed by atoms with van der Waals surface area (Å²) < 4.78 is 0. The highest BCUT2D eigenvalue weighted by atomic mass is 16.2. The monoisotopic (exact) mass is 261 g/mol. The third kappa shape index (κ3) is 3.47. The summed E-state index contributed by atoms with van der Waals surface area (Å²) in [6, 6.07) is 6.90. The minimum atomic E-state index is -0.229. The fourth-order valence-corrected chi connectivity index (χ4v) is 2.21. The van der Waals surface area contributed by atoms with Gasteiger partial charge in [-0.25, -0.2) is 0 Å². The zero-order chi connectivity index (χ0) is 13.7. The molecule has 1 aliphatic rings. The maximum absolute atomic E-state index is 11.9. The SMILES string of the molecule is Nc1ccccc1C(=O)NCCC(=O)N1CCCC1. The number of hydrogen-bond donors (Lipinski definition) is 2. The van der Waals surface area contributed by atoms with Crippen LogP contribution in [0.5, 0.6) is 0 Å². The van der Waals surface area contributed by atoms with E-state index < -0.39 is 0 Å². The molecule has 0 radical (unpaired) electrons. The van der Waals surface area contributed by atoms with Crippen LogP contribution in [0.1, 0.15) is 29.6 Å². The van der Waals surface area contributed by atoms with Crippen LogP contribution in [0.4, 0.5) is 5.69 Å². The van der Waals surface area contributed by atoms with Gasteiger partial charge in [-0.15, -0.1) is 0 Å². The second-order valence-electron chi connectivity index (χ2n) is 4.68. The fourth-order valence-electron chi connectivity index (χ4n) is 2.21. The number of benzene rings is 1. The van der Waals surface area contributed by atoms with Crippen LogP contribution in [0.2, 0.25) is 0 Å². The van der Waals surface area contributed by atoms with Crippen LogP contribution in [0.15, 0.2) is 24.3 Å². The molecule has 19 heavy (non-hydrogen) atoms. The molecule has 0 aliphatic carbocycles. The van der Waals surface area contributed by atoms with E-state index in [-0.39, 0.29) is 11.8 Å². The van der Waals surface area contributed by atoms with Gasteiger partial charge in [-0.2, -0.15) is 0 Å². The molecule has 102 valence electrons. The minimum Gasteiger partial charge on any atom is -0.398 e. The van der Waals surface area contributed by atoms with Gasteiger partial charge in [-0.05, 0) is 25.0 Å². The molecule has 2 rings (SSSR count). The first kappa shape index (κ1) is 13.4. The van der Waals surface area contributed by atoms with Gasteiger partial charge in [-0.3, -0.25) is 9.59 Å². The van der Waals surface area contributed by atoms with Crippen LogP contribution < -0.4 is 11.1 Å². The van der Waals surface area contributed by atoms with Crippen LogP contribution in [-0.4, -0.2) is 36.3 Å². The van der Waals surface area contributed by atoms with Gasteiger partial charge in [0, 0.05) is 31.7 Å². The summed E-state index contributed by atoms with van der Waals surface area (Å²) in [6.45, 7) is 2.04.